The minimum absolute atomic E-state index is 0.108. The third-order valence-electron chi connectivity index (χ3n) is 2.97. The number of carbonyl (C=O) groups excluding carboxylic acids is 1. The zero-order chi connectivity index (χ0) is 15.1. The van der Waals surface area contributed by atoms with E-state index in [2.05, 4.69) is 0 Å². The molecule has 1 N–H and O–H groups in total. The predicted molar refractivity (Wildman–Crippen MR) is 76.9 cm³/mol. The molecule has 1 aromatic carbocycles. The fourth-order valence-corrected chi connectivity index (χ4v) is 3.50. The van der Waals surface area contributed by atoms with E-state index in [1.807, 2.05) is 22.6 Å². The average molecular weight is 413 g/mol. The van der Waals surface area contributed by atoms with E-state index in [9.17, 15) is 21.9 Å². The monoisotopic (exact) mass is 413 g/mol. The van der Waals surface area contributed by atoms with Gasteiger partial charge in [0, 0.05) is 16.5 Å². The number of carbonyl (C=O) groups is 2. The number of aromatic carboxylic acids is 1. The molecule has 9 heteroatoms. The zero-order valence-electron chi connectivity index (χ0n) is 9.92. The van der Waals surface area contributed by atoms with Crippen molar-refractivity contribution in [2.75, 3.05) is 11.4 Å². The van der Waals surface area contributed by atoms with E-state index >= 15 is 0 Å². The Labute approximate surface area is 127 Å². The molecule has 1 aromatic rings. The van der Waals surface area contributed by atoms with Crippen molar-refractivity contribution >= 4 is 50.4 Å². The van der Waals surface area contributed by atoms with Crippen LogP contribution in [-0.4, -0.2) is 37.2 Å². The first kappa shape index (κ1) is 15.2. The van der Waals surface area contributed by atoms with Crippen molar-refractivity contribution in [3.05, 3.63) is 27.3 Å². The summed E-state index contributed by atoms with van der Waals surface area (Å²) in [5.41, 5.74) is -0.0149. The van der Waals surface area contributed by atoms with Crippen LogP contribution < -0.4 is 4.90 Å². The molecule has 20 heavy (non-hydrogen) atoms. The van der Waals surface area contributed by atoms with Crippen LogP contribution in [0.1, 0.15) is 16.8 Å². The van der Waals surface area contributed by atoms with E-state index in [0.29, 0.717) is 3.57 Å². The summed E-state index contributed by atoms with van der Waals surface area (Å²) in [7, 11) is -4.83. The van der Waals surface area contributed by atoms with Crippen LogP contribution >= 0.6 is 22.6 Å². The Kier molecular flexibility index (Phi) is 4.00. The van der Waals surface area contributed by atoms with Crippen LogP contribution in [-0.2, 0) is 15.0 Å². The molecule has 0 aliphatic carbocycles. The number of carboxylic acids is 1. The van der Waals surface area contributed by atoms with Crippen molar-refractivity contribution < 1.29 is 27.0 Å². The fraction of sp³-hybridized carbons (Fsp3) is 0.273. The topological polar surface area (TPSA) is 91.8 Å². The Hall–Kier alpha value is -1.23. The molecule has 108 valence electrons. The number of rotatable bonds is 3. The van der Waals surface area contributed by atoms with Crippen molar-refractivity contribution in [2.45, 2.75) is 11.7 Å². The first-order chi connectivity index (χ1) is 9.21. The molecule has 0 radical (unpaired) electrons. The SMILES string of the molecule is O=C(O)c1cccc(I)c1N1CC(S(=O)(=O)F)CC1=O. The van der Waals surface area contributed by atoms with Crippen molar-refractivity contribution in [1.29, 1.82) is 0 Å². The quantitative estimate of drug-likeness (QED) is 0.598. The van der Waals surface area contributed by atoms with Crippen molar-refractivity contribution in [2.24, 2.45) is 0 Å². The molecule has 1 amide bonds. The number of benzene rings is 1. The number of anilines is 1. The van der Waals surface area contributed by atoms with Gasteiger partial charge >= 0.3 is 16.2 Å². The van der Waals surface area contributed by atoms with Crippen LogP contribution in [0.25, 0.3) is 0 Å². The Morgan fingerprint density at radius 1 is 1.45 bits per heavy atom. The summed E-state index contributed by atoms with van der Waals surface area (Å²) >= 11 is 1.85. The van der Waals surface area contributed by atoms with Crippen LogP contribution in [0.4, 0.5) is 9.57 Å². The molecule has 1 aliphatic rings. The smallest absolute Gasteiger partial charge is 0.337 e. The Morgan fingerprint density at radius 3 is 2.60 bits per heavy atom. The summed E-state index contributed by atoms with van der Waals surface area (Å²) in [5, 5.41) is 7.68. The van der Waals surface area contributed by atoms with Crippen molar-refractivity contribution in [1.82, 2.24) is 0 Å². The molecule has 1 fully saturated rings. The molecule has 6 nitrogen and oxygen atoms in total. The van der Waals surface area contributed by atoms with E-state index < -0.39 is 33.8 Å². The van der Waals surface area contributed by atoms with Gasteiger partial charge in [-0.25, -0.2) is 4.79 Å². The normalized spacial score (nSPS) is 19.4. The summed E-state index contributed by atoms with van der Waals surface area (Å²) in [5.74, 6) is -1.85. The Bertz CT molecular complexity index is 690. The summed E-state index contributed by atoms with van der Waals surface area (Å²) < 4.78 is 35.3. The van der Waals surface area contributed by atoms with E-state index in [-0.39, 0.29) is 17.8 Å². The van der Waals surface area contributed by atoms with Gasteiger partial charge in [0.1, 0.15) is 5.25 Å². The maximum absolute atomic E-state index is 13.0. The van der Waals surface area contributed by atoms with Gasteiger partial charge in [-0.2, -0.15) is 8.42 Å². The number of amides is 1. The second kappa shape index (κ2) is 5.28. The highest BCUT2D eigenvalue weighted by Crippen LogP contribution is 2.32. The lowest BCUT2D eigenvalue weighted by Gasteiger charge is -2.20. The first-order valence-electron chi connectivity index (χ1n) is 5.47. The van der Waals surface area contributed by atoms with Gasteiger partial charge in [-0.3, -0.25) is 4.79 Å². The summed E-state index contributed by atoms with van der Waals surface area (Å²) in [6.07, 6.45) is -0.483. The second-order valence-corrected chi connectivity index (χ2v) is 7.03. The molecule has 1 heterocycles. The third kappa shape index (κ3) is 2.77. The van der Waals surface area contributed by atoms with Gasteiger partial charge in [-0.05, 0) is 34.7 Å². The van der Waals surface area contributed by atoms with Crippen LogP contribution in [0.3, 0.4) is 0 Å². The van der Waals surface area contributed by atoms with Gasteiger partial charge in [0.2, 0.25) is 5.91 Å². The minimum Gasteiger partial charge on any atom is -0.478 e. The first-order valence-corrected chi connectivity index (χ1v) is 8.00. The largest absolute Gasteiger partial charge is 0.478 e. The molecule has 1 unspecified atom stereocenters. The van der Waals surface area contributed by atoms with Crippen molar-refractivity contribution in [3.63, 3.8) is 0 Å². The van der Waals surface area contributed by atoms with Gasteiger partial charge in [0.15, 0.2) is 0 Å². The van der Waals surface area contributed by atoms with E-state index in [1.54, 1.807) is 6.07 Å². The molecule has 0 spiro atoms. The maximum Gasteiger partial charge on any atom is 0.337 e. The summed E-state index contributed by atoms with van der Waals surface area (Å²) in [6.45, 7) is -0.377. The molecule has 0 bridgehead atoms. The molecule has 1 aliphatic heterocycles. The third-order valence-corrected chi connectivity index (χ3v) is 4.96. The molecule has 0 aromatic heterocycles. The van der Waals surface area contributed by atoms with Gasteiger partial charge in [-0.15, -0.1) is 3.89 Å². The van der Waals surface area contributed by atoms with Gasteiger partial charge in [0.25, 0.3) is 0 Å². The average Bonchev–Trinajstić information content (AvgIpc) is 2.70. The number of carboxylic acid groups (broad SMARTS) is 1. The Morgan fingerprint density at radius 2 is 2.10 bits per heavy atom. The fourth-order valence-electron chi connectivity index (χ4n) is 2.04. The van der Waals surface area contributed by atoms with Crippen LogP contribution in [0.15, 0.2) is 18.2 Å². The van der Waals surface area contributed by atoms with Gasteiger partial charge in [0.05, 0.1) is 11.3 Å². The van der Waals surface area contributed by atoms with Crippen LogP contribution in [0.5, 0.6) is 0 Å². The number of hydrogen-bond acceptors (Lipinski definition) is 4. The van der Waals surface area contributed by atoms with E-state index in [1.165, 1.54) is 12.1 Å². The number of halogens is 2. The van der Waals surface area contributed by atoms with E-state index in [0.717, 1.165) is 4.90 Å². The number of hydrogen-bond donors (Lipinski definition) is 1. The lowest BCUT2D eigenvalue weighted by atomic mass is 10.1. The highest BCUT2D eigenvalue weighted by Gasteiger charge is 2.40. The predicted octanol–water partition coefficient (Wildman–Crippen LogP) is 1.39. The van der Waals surface area contributed by atoms with Crippen molar-refractivity contribution in [3.8, 4) is 0 Å². The number of nitrogens with zero attached hydrogens (tertiary/aromatic N) is 1. The lowest BCUT2D eigenvalue weighted by Crippen LogP contribution is -2.29. The Balaban J connectivity index is 2.48. The van der Waals surface area contributed by atoms with Gasteiger partial charge in [-0.1, -0.05) is 6.07 Å². The van der Waals surface area contributed by atoms with E-state index in [4.69, 9.17) is 5.11 Å². The summed E-state index contributed by atoms with van der Waals surface area (Å²) in [6, 6.07) is 4.41. The molecule has 0 saturated carbocycles. The maximum atomic E-state index is 13.0. The molecule has 1 atom stereocenters. The lowest BCUT2D eigenvalue weighted by molar-refractivity contribution is -0.117. The molecule has 1 saturated heterocycles. The zero-order valence-corrected chi connectivity index (χ0v) is 12.9. The summed E-state index contributed by atoms with van der Waals surface area (Å²) in [4.78, 5) is 24.1. The van der Waals surface area contributed by atoms with Gasteiger partial charge < -0.3 is 10.0 Å². The number of para-hydroxylation sites is 1. The molecular formula is C11H9FINO5S. The molecule has 2 rings (SSSR count). The standard InChI is InChI=1S/C11H9FINO5S/c12-20(18,19)6-4-9(15)14(5-6)10-7(11(16)17)2-1-3-8(10)13/h1-3,6H,4-5H2,(H,16,17). The van der Waals surface area contributed by atoms with Crippen LogP contribution in [0.2, 0.25) is 0 Å². The van der Waals surface area contributed by atoms with Crippen LogP contribution in [0, 0.1) is 3.57 Å². The second-order valence-electron chi connectivity index (χ2n) is 4.25. The minimum atomic E-state index is -4.83. The highest BCUT2D eigenvalue weighted by molar-refractivity contribution is 14.1. The highest BCUT2D eigenvalue weighted by atomic mass is 127. The molecular weight excluding hydrogens is 404 g/mol.